The topological polar surface area (TPSA) is 44.0 Å². The van der Waals surface area contributed by atoms with Crippen LogP contribution in [-0.2, 0) is 6.42 Å². The summed E-state index contributed by atoms with van der Waals surface area (Å²) in [4.78, 5) is 2.32. The van der Waals surface area contributed by atoms with Crippen molar-refractivity contribution in [3.05, 3.63) is 35.9 Å². The largest absolute Gasteiger partial charge is 0.353 e. The van der Waals surface area contributed by atoms with Gasteiger partial charge in [0, 0.05) is 32.2 Å². The van der Waals surface area contributed by atoms with Gasteiger partial charge >= 0.3 is 0 Å². The molecule has 0 spiro atoms. The van der Waals surface area contributed by atoms with Gasteiger partial charge in [0.1, 0.15) is 0 Å². The Labute approximate surface area is 120 Å². The van der Waals surface area contributed by atoms with Gasteiger partial charge in [0.15, 0.2) is 5.82 Å². The first-order valence-electron chi connectivity index (χ1n) is 7.47. The summed E-state index contributed by atoms with van der Waals surface area (Å²) in [7, 11) is 0. The average molecular weight is 270 g/mol. The van der Waals surface area contributed by atoms with Gasteiger partial charge in [-0.25, -0.2) is 0 Å². The molecule has 106 valence electrons. The van der Waals surface area contributed by atoms with Crippen molar-refractivity contribution in [3.8, 4) is 11.3 Å². The quantitative estimate of drug-likeness (QED) is 0.897. The highest BCUT2D eigenvalue weighted by Crippen LogP contribution is 2.22. The van der Waals surface area contributed by atoms with Gasteiger partial charge in [0.25, 0.3) is 0 Å². The summed E-state index contributed by atoms with van der Waals surface area (Å²) in [5, 5.41) is 11.0. The summed E-state index contributed by atoms with van der Waals surface area (Å²) in [6.45, 7) is 6.34. The zero-order valence-electron chi connectivity index (χ0n) is 12.0. The second-order valence-corrected chi connectivity index (χ2v) is 5.32. The Hall–Kier alpha value is -1.81. The Bertz CT molecular complexity index is 538. The molecule has 2 heterocycles. The van der Waals surface area contributed by atoms with Gasteiger partial charge in [-0.2, -0.15) is 5.10 Å². The molecule has 4 heteroatoms. The minimum atomic E-state index is 1.03. The van der Waals surface area contributed by atoms with Gasteiger partial charge in [0.05, 0.1) is 5.69 Å². The van der Waals surface area contributed by atoms with Crippen molar-refractivity contribution >= 4 is 5.82 Å². The van der Waals surface area contributed by atoms with Gasteiger partial charge in [0.2, 0.25) is 0 Å². The number of aryl methyl sites for hydroxylation is 1. The monoisotopic (exact) mass is 270 g/mol. The van der Waals surface area contributed by atoms with Gasteiger partial charge in [-0.3, -0.25) is 5.10 Å². The first kappa shape index (κ1) is 13.2. The number of rotatable bonds is 4. The third-order valence-electron chi connectivity index (χ3n) is 3.81. The van der Waals surface area contributed by atoms with Crippen molar-refractivity contribution in [2.24, 2.45) is 0 Å². The van der Waals surface area contributed by atoms with Crippen LogP contribution < -0.4 is 10.2 Å². The molecular formula is C16H22N4. The molecule has 0 amide bonds. The standard InChI is InChI=1S/C16H22N4/c1-2-3-13-4-6-14(7-5-13)15-12-16(19-18-15)20-10-8-17-9-11-20/h4-7,12,17H,2-3,8-11H2,1H3,(H,18,19). The maximum atomic E-state index is 4.45. The van der Waals surface area contributed by atoms with E-state index >= 15 is 0 Å². The lowest BCUT2D eigenvalue weighted by Gasteiger charge is -2.26. The van der Waals surface area contributed by atoms with E-state index in [0.29, 0.717) is 0 Å². The summed E-state index contributed by atoms with van der Waals surface area (Å²) in [5.41, 5.74) is 3.71. The Morgan fingerprint density at radius 2 is 1.90 bits per heavy atom. The predicted molar refractivity (Wildman–Crippen MR) is 83.1 cm³/mol. The number of nitrogens with zero attached hydrogens (tertiary/aromatic N) is 2. The van der Waals surface area contributed by atoms with Crippen LogP contribution in [0.1, 0.15) is 18.9 Å². The van der Waals surface area contributed by atoms with Crippen LogP contribution in [0.25, 0.3) is 11.3 Å². The Balaban J connectivity index is 1.75. The number of benzene rings is 1. The second-order valence-electron chi connectivity index (χ2n) is 5.32. The van der Waals surface area contributed by atoms with E-state index in [4.69, 9.17) is 0 Å². The molecular weight excluding hydrogens is 248 g/mol. The van der Waals surface area contributed by atoms with Crippen LogP contribution in [-0.4, -0.2) is 36.4 Å². The number of aromatic amines is 1. The second kappa shape index (κ2) is 6.09. The van der Waals surface area contributed by atoms with Crippen molar-refractivity contribution < 1.29 is 0 Å². The van der Waals surface area contributed by atoms with E-state index in [1.807, 2.05) is 0 Å². The first-order chi connectivity index (χ1) is 9.86. The lowest BCUT2D eigenvalue weighted by atomic mass is 10.1. The molecule has 4 nitrogen and oxygen atoms in total. The highest BCUT2D eigenvalue weighted by atomic mass is 15.3. The van der Waals surface area contributed by atoms with Gasteiger partial charge in [-0.05, 0) is 17.5 Å². The maximum Gasteiger partial charge on any atom is 0.151 e. The van der Waals surface area contributed by atoms with E-state index in [1.165, 1.54) is 17.5 Å². The third-order valence-corrected chi connectivity index (χ3v) is 3.81. The Kier molecular flexibility index (Phi) is 4.02. The molecule has 0 radical (unpaired) electrons. The van der Waals surface area contributed by atoms with Crippen LogP contribution >= 0.6 is 0 Å². The molecule has 0 bridgehead atoms. The molecule has 0 atom stereocenters. The highest BCUT2D eigenvalue weighted by Gasteiger charge is 2.13. The molecule has 0 unspecified atom stereocenters. The molecule has 1 saturated heterocycles. The molecule has 0 saturated carbocycles. The fourth-order valence-electron chi connectivity index (χ4n) is 2.65. The molecule has 0 aliphatic carbocycles. The van der Waals surface area contributed by atoms with Crippen LogP contribution in [0, 0.1) is 0 Å². The van der Waals surface area contributed by atoms with E-state index in [-0.39, 0.29) is 0 Å². The summed E-state index contributed by atoms with van der Waals surface area (Å²) >= 11 is 0. The van der Waals surface area contributed by atoms with Gasteiger partial charge in [-0.15, -0.1) is 0 Å². The molecule has 20 heavy (non-hydrogen) atoms. The third kappa shape index (κ3) is 2.85. The first-order valence-corrected chi connectivity index (χ1v) is 7.47. The van der Waals surface area contributed by atoms with E-state index in [9.17, 15) is 0 Å². The zero-order chi connectivity index (χ0) is 13.8. The minimum Gasteiger partial charge on any atom is -0.353 e. The van der Waals surface area contributed by atoms with Crippen molar-refractivity contribution in [2.45, 2.75) is 19.8 Å². The van der Waals surface area contributed by atoms with Crippen molar-refractivity contribution in [1.29, 1.82) is 0 Å². The van der Waals surface area contributed by atoms with Crippen LogP contribution in [0.3, 0.4) is 0 Å². The molecule has 2 N–H and O–H groups in total. The molecule has 1 aromatic carbocycles. The SMILES string of the molecule is CCCc1ccc(-c2cc(N3CCNCC3)n[nH]2)cc1. The summed E-state index contributed by atoms with van der Waals surface area (Å²) < 4.78 is 0. The maximum absolute atomic E-state index is 4.45. The molecule has 1 aliphatic heterocycles. The van der Waals surface area contributed by atoms with Crippen LogP contribution in [0.5, 0.6) is 0 Å². The Morgan fingerprint density at radius 1 is 1.15 bits per heavy atom. The smallest absolute Gasteiger partial charge is 0.151 e. The highest BCUT2D eigenvalue weighted by molar-refractivity contribution is 5.63. The fraction of sp³-hybridized carbons (Fsp3) is 0.438. The van der Waals surface area contributed by atoms with E-state index in [2.05, 4.69) is 57.7 Å². The number of anilines is 1. The molecule has 2 aromatic rings. The number of piperazine rings is 1. The number of nitrogens with one attached hydrogen (secondary N) is 2. The number of hydrogen-bond acceptors (Lipinski definition) is 3. The zero-order valence-corrected chi connectivity index (χ0v) is 12.0. The molecule has 1 aromatic heterocycles. The van der Waals surface area contributed by atoms with Crippen LogP contribution in [0.4, 0.5) is 5.82 Å². The number of H-pyrrole nitrogens is 1. The van der Waals surface area contributed by atoms with E-state index < -0.39 is 0 Å². The van der Waals surface area contributed by atoms with E-state index in [1.54, 1.807) is 0 Å². The van der Waals surface area contributed by atoms with Crippen LogP contribution in [0.2, 0.25) is 0 Å². The lowest BCUT2D eigenvalue weighted by Crippen LogP contribution is -2.43. The fourth-order valence-corrected chi connectivity index (χ4v) is 2.65. The summed E-state index contributed by atoms with van der Waals surface area (Å²) in [6, 6.07) is 10.9. The molecule has 1 aliphatic rings. The number of aromatic nitrogens is 2. The normalized spacial score (nSPS) is 15.6. The minimum absolute atomic E-state index is 1.03. The van der Waals surface area contributed by atoms with Crippen molar-refractivity contribution in [3.63, 3.8) is 0 Å². The predicted octanol–water partition coefficient (Wildman–Crippen LogP) is 2.44. The van der Waals surface area contributed by atoms with Crippen molar-refractivity contribution in [2.75, 3.05) is 31.1 Å². The van der Waals surface area contributed by atoms with Crippen LogP contribution in [0.15, 0.2) is 30.3 Å². The van der Waals surface area contributed by atoms with Gasteiger partial charge < -0.3 is 10.2 Å². The molecule has 3 rings (SSSR count). The molecule has 1 fully saturated rings. The lowest BCUT2D eigenvalue weighted by molar-refractivity contribution is 0.584. The van der Waals surface area contributed by atoms with Gasteiger partial charge in [-0.1, -0.05) is 37.6 Å². The van der Waals surface area contributed by atoms with E-state index in [0.717, 1.165) is 44.1 Å². The summed E-state index contributed by atoms with van der Waals surface area (Å²) in [6.07, 6.45) is 2.34. The van der Waals surface area contributed by atoms with Crippen molar-refractivity contribution in [1.82, 2.24) is 15.5 Å². The Morgan fingerprint density at radius 3 is 2.60 bits per heavy atom. The average Bonchev–Trinajstić information content (AvgIpc) is 2.99. The summed E-state index contributed by atoms with van der Waals surface area (Å²) in [5.74, 6) is 1.05. The number of hydrogen-bond donors (Lipinski definition) is 2.